The largest absolute Gasteiger partial charge is 0.480 e. The second-order valence-electron chi connectivity index (χ2n) is 7.51. The van der Waals surface area contributed by atoms with Crippen molar-refractivity contribution in [2.75, 3.05) is 24.5 Å². The smallest absolute Gasteiger partial charge is 0.327 e. The van der Waals surface area contributed by atoms with Crippen molar-refractivity contribution in [1.29, 1.82) is 0 Å². The third kappa shape index (κ3) is 4.91. The van der Waals surface area contributed by atoms with E-state index in [1.165, 1.54) is 17.0 Å². The van der Waals surface area contributed by atoms with E-state index in [1.54, 1.807) is 18.2 Å². The zero-order valence-electron chi connectivity index (χ0n) is 17.4. The van der Waals surface area contributed by atoms with E-state index in [0.29, 0.717) is 30.3 Å². The van der Waals surface area contributed by atoms with E-state index in [4.69, 9.17) is 10.5 Å². The molecule has 33 heavy (non-hydrogen) atoms. The number of hydrogen-bond acceptors (Lipinski definition) is 6. The van der Waals surface area contributed by atoms with Crippen molar-refractivity contribution in [3.05, 3.63) is 71.5 Å². The second kappa shape index (κ2) is 9.47. The van der Waals surface area contributed by atoms with Crippen LogP contribution in [0.4, 0.5) is 19.0 Å². The van der Waals surface area contributed by atoms with Gasteiger partial charge in [0.1, 0.15) is 17.6 Å². The van der Waals surface area contributed by atoms with Crippen LogP contribution >= 0.6 is 0 Å². The molecule has 7 nitrogen and oxygen atoms in total. The molecule has 0 amide bonds. The highest BCUT2D eigenvalue weighted by molar-refractivity contribution is 5.78. The number of rotatable bonds is 6. The molecule has 1 fully saturated rings. The molecule has 0 aliphatic carbocycles. The second-order valence-corrected chi connectivity index (χ2v) is 7.51. The molecule has 3 aromatic rings. The molecule has 0 bridgehead atoms. The van der Waals surface area contributed by atoms with Gasteiger partial charge in [-0.2, -0.15) is 4.98 Å². The fourth-order valence-corrected chi connectivity index (χ4v) is 3.67. The van der Waals surface area contributed by atoms with E-state index in [2.05, 4.69) is 10.3 Å². The van der Waals surface area contributed by atoms with Gasteiger partial charge in [0.25, 0.3) is 5.88 Å². The Morgan fingerprint density at radius 1 is 1.15 bits per heavy atom. The molecule has 1 aromatic heterocycles. The average Bonchev–Trinajstić information content (AvgIpc) is 2.80. The predicted octanol–water partition coefficient (Wildman–Crippen LogP) is 3.28. The molecular formula is C23H21F3N4O3. The maximum Gasteiger partial charge on any atom is 0.327 e. The molecule has 0 radical (unpaired) electrons. The zero-order chi connectivity index (χ0) is 23.5. The van der Waals surface area contributed by atoms with Crippen molar-refractivity contribution in [2.45, 2.75) is 12.6 Å². The summed E-state index contributed by atoms with van der Waals surface area (Å²) in [5.41, 5.74) is 7.66. The van der Waals surface area contributed by atoms with Gasteiger partial charge in [0.05, 0.1) is 0 Å². The van der Waals surface area contributed by atoms with Crippen LogP contribution in [0.2, 0.25) is 0 Å². The maximum absolute atomic E-state index is 14.5. The summed E-state index contributed by atoms with van der Waals surface area (Å²) in [5.74, 6) is -4.93. The van der Waals surface area contributed by atoms with E-state index in [-0.39, 0.29) is 24.7 Å². The summed E-state index contributed by atoms with van der Waals surface area (Å²) < 4.78 is 48.8. The minimum atomic E-state index is -1.18. The minimum Gasteiger partial charge on any atom is -0.480 e. The summed E-state index contributed by atoms with van der Waals surface area (Å²) in [6, 6.07) is 10.5. The zero-order valence-corrected chi connectivity index (χ0v) is 17.4. The van der Waals surface area contributed by atoms with Gasteiger partial charge in [-0.25, -0.2) is 18.0 Å². The van der Waals surface area contributed by atoms with Gasteiger partial charge in [0.2, 0.25) is 0 Å². The number of benzene rings is 2. The van der Waals surface area contributed by atoms with Crippen molar-refractivity contribution in [2.24, 2.45) is 5.73 Å². The van der Waals surface area contributed by atoms with Crippen LogP contribution in [0, 0.1) is 17.5 Å². The number of piperazine rings is 1. The summed E-state index contributed by atoms with van der Waals surface area (Å²) in [5, 5.41) is 12.3. The standard InChI is InChI=1S/C23H21F3N4O3/c24-16-7-15(14-3-1-2-13(6-14)11-27)8-17(9-16)33-22-19(26)10-18(25)21(29-22)30-5-4-28-12-20(30)23(31)32/h1-3,6-10,20,28H,4-5,11-12,27H2,(H,31,32). The van der Waals surface area contributed by atoms with E-state index < -0.39 is 35.3 Å². The van der Waals surface area contributed by atoms with E-state index >= 15 is 0 Å². The summed E-state index contributed by atoms with van der Waals surface area (Å²) in [4.78, 5) is 16.7. The monoisotopic (exact) mass is 458 g/mol. The topological polar surface area (TPSA) is 101 Å². The molecule has 1 saturated heterocycles. The average molecular weight is 458 g/mol. The van der Waals surface area contributed by atoms with E-state index in [1.807, 2.05) is 6.07 Å². The van der Waals surface area contributed by atoms with Gasteiger partial charge in [-0.3, -0.25) is 0 Å². The van der Waals surface area contributed by atoms with Gasteiger partial charge in [0, 0.05) is 38.3 Å². The van der Waals surface area contributed by atoms with Gasteiger partial charge < -0.3 is 25.8 Å². The number of carbonyl (C=O) groups is 1. The highest BCUT2D eigenvalue weighted by Crippen LogP contribution is 2.32. The summed E-state index contributed by atoms with van der Waals surface area (Å²) in [6.45, 7) is 0.920. The predicted molar refractivity (Wildman–Crippen MR) is 116 cm³/mol. The van der Waals surface area contributed by atoms with Gasteiger partial charge >= 0.3 is 5.97 Å². The molecule has 2 aromatic carbocycles. The fraction of sp³-hybridized carbons (Fsp3) is 0.217. The Morgan fingerprint density at radius 2 is 1.97 bits per heavy atom. The number of nitrogens with two attached hydrogens (primary N) is 1. The first-order valence-electron chi connectivity index (χ1n) is 10.2. The first kappa shape index (κ1) is 22.6. The molecule has 1 atom stereocenters. The van der Waals surface area contributed by atoms with Crippen LogP contribution in [0.15, 0.2) is 48.5 Å². The lowest BCUT2D eigenvalue weighted by atomic mass is 10.0. The normalized spacial score (nSPS) is 16.0. The summed E-state index contributed by atoms with van der Waals surface area (Å²) in [7, 11) is 0. The Morgan fingerprint density at radius 3 is 2.73 bits per heavy atom. The quantitative estimate of drug-likeness (QED) is 0.521. The lowest BCUT2D eigenvalue weighted by Crippen LogP contribution is -2.55. The molecule has 1 aliphatic rings. The Kier molecular flexibility index (Phi) is 6.47. The third-order valence-electron chi connectivity index (χ3n) is 5.26. The molecule has 1 aliphatic heterocycles. The first-order valence-corrected chi connectivity index (χ1v) is 10.2. The van der Waals surface area contributed by atoms with Gasteiger partial charge in [-0.15, -0.1) is 0 Å². The highest BCUT2D eigenvalue weighted by atomic mass is 19.1. The molecule has 0 spiro atoms. The van der Waals surface area contributed by atoms with Crippen LogP contribution in [0.5, 0.6) is 11.6 Å². The summed E-state index contributed by atoms with van der Waals surface area (Å²) in [6.07, 6.45) is 0. The number of ether oxygens (including phenoxy) is 1. The molecule has 4 rings (SSSR count). The molecule has 172 valence electrons. The SMILES string of the molecule is NCc1cccc(-c2cc(F)cc(Oc3nc(N4CCNCC4C(=O)O)c(F)cc3F)c2)c1. The number of carboxylic acids is 1. The Bertz CT molecular complexity index is 1190. The number of hydrogen-bond donors (Lipinski definition) is 3. The Balaban J connectivity index is 1.69. The molecule has 10 heteroatoms. The minimum absolute atomic E-state index is 0.0535. The van der Waals surface area contributed by atoms with Crippen LogP contribution < -0.4 is 20.7 Å². The molecule has 1 unspecified atom stereocenters. The van der Waals surface area contributed by atoms with Crippen molar-refractivity contribution in [1.82, 2.24) is 10.3 Å². The number of halogens is 3. The van der Waals surface area contributed by atoms with Crippen LogP contribution in [0.3, 0.4) is 0 Å². The Labute approximate surface area is 187 Å². The number of carboxylic acid groups (broad SMARTS) is 1. The number of nitrogens with one attached hydrogen (secondary N) is 1. The third-order valence-corrected chi connectivity index (χ3v) is 5.26. The number of aromatic nitrogens is 1. The molecule has 0 saturated carbocycles. The van der Waals surface area contributed by atoms with Crippen LogP contribution in [0.25, 0.3) is 11.1 Å². The molecule has 4 N–H and O–H groups in total. The van der Waals surface area contributed by atoms with Gasteiger partial charge in [-0.1, -0.05) is 18.2 Å². The number of pyridine rings is 1. The number of aliphatic carboxylic acids is 1. The summed E-state index contributed by atoms with van der Waals surface area (Å²) >= 11 is 0. The van der Waals surface area contributed by atoms with E-state index in [9.17, 15) is 23.1 Å². The van der Waals surface area contributed by atoms with Gasteiger partial charge in [-0.05, 0) is 34.9 Å². The molecular weight excluding hydrogens is 437 g/mol. The van der Waals surface area contributed by atoms with Crippen molar-refractivity contribution in [3.63, 3.8) is 0 Å². The van der Waals surface area contributed by atoms with Crippen molar-refractivity contribution >= 4 is 11.8 Å². The lowest BCUT2D eigenvalue weighted by Gasteiger charge is -2.34. The van der Waals surface area contributed by atoms with Crippen LogP contribution in [-0.2, 0) is 11.3 Å². The van der Waals surface area contributed by atoms with Gasteiger partial charge in [0.15, 0.2) is 17.5 Å². The van der Waals surface area contributed by atoms with E-state index in [0.717, 1.165) is 11.6 Å². The molecule has 2 heterocycles. The lowest BCUT2D eigenvalue weighted by molar-refractivity contribution is -0.138. The number of anilines is 1. The first-order chi connectivity index (χ1) is 15.9. The Hall–Kier alpha value is -3.63. The van der Waals surface area contributed by atoms with Crippen molar-refractivity contribution < 1.29 is 27.8 Å². The fourth-order valence-electron chi connectivity index (χ4n) is 3.67. The highest BCUT2D eigenvalue weighted by Gasteiger charge is 2.32. The van der Waals surface area contributed by atoms with Crippen LogP contribution in [0.1, 0.15) is 5.56 Å². The van der Waals surface area contributed by atoms with Crippen LogP contribution in [-0.4, -0.2) is 41.7 Å². The maximum atomic E-state index is 14.5. The van der Waals surface area contributed by atoms with Crippen molar-refractivity contribution in [3.8, 4) is 22.8 Å². The number of nitrogens with zero attached hydrogens (tertiary/aromatic N) is 2.